The predicted molar refractivity (Wildman–Crippen MR) is 152 cm³/mol. The molecule has 1 saturated heterocycles. The van der Waals surface area contributed by atoms with Crippen molar-refractivity contribution in [2.75, 3.05) is 47.2 Å². The van der Waals surface area contributed by atoms with Crippen molar-refractivity contribution in [2.24, 2.45) is 0 Å². The molecule has 1 amide bonds. The van der Waals surface area contributed by atoms with Gasteiger partial charge in [-0.3, -0.25) is 9.36 Å². The van der Waals surface area contributed by atoms with E-state index in [1.807, 2.05) is 42.0 Å². The number of aryl methyl sites for hydroxylation is 1. The van der Waals surface area contributed by atoms with Gasteiger partial charge in [0.2, 0.25) is 5.95 Å². The standard InChI is InChI=1S/C29H31FN8O2/c1-19-2-3-23(35-28(39)21-12-20(17-30)13-24(14-21)37-8-10-40-11-9-37)15-25(19)36-29-31-6-7-38(29)27-16-26(32-18-33-27)34-22-4-5-22/h2-3,6-7,12-16,18,22H,4-5,8-11,17H2,1H3,(H,31,36)(H,35,39)(H,32,33,34). The molecule has 40 heavy (non-hydrogen) atoms. The summed E-state index contributed by atoms with van der Waals surface area (Å²) in [6, 6.07) is 13.2. The Kier molecular flexibility index (Phi) is 7.28. The molecule has 6 rings (SSSR count). The van der Waals surface area contributed by atoms with Gasteiger partial charge in [0, 0.05) is 60.2 Å². The maximum Gasteiger partial charge on any atom is 0.255 e. The van der Waals surface area contributed by atoms with Crippen LogP contribution in [0.1, 0.15) is 34.3 Å². The molecular weight excluding hydrogens is 511 g/mol. The van der Waals surface area contributed by atoms with Gasteiger partial charge in [0.05, 0.1) is 13.2 Å². The summed E-state index contributed by atoms with van der Waals surface area (Å²) < 4.78 is 20.9. The summed E-state index contributed by atoms with van der Waals surface area (Å²) in [6.45, 7) is 3.94. The fourth-order valence-corrected chi connectivity index (χ4v) is 4.62. The number of hydrogen-bond acceptors (Lipinski definition) is 8. The molecule has 1 aliphatic carbocycles. The maximum absolute atomic E-state index is 13.7. The molecule has 3 heterocycles. The van der Waals surface area contributed by atoms with Gasteiger partial charge in [-0.05, 0) is 61.2 Å². The van der Waals surface area contributed by atoms with Crippen LogP contribution in [0.15, 0.2) is 61.2 Å². The van der Waals surface area contributed by atoms with Crippen LogP contribution in [0.4, 0.5) is 33.2 Å². The minimum Gasteiger partial charge on any atom is -0.378 e. The molecule has 2 aromatic carbocycles. The Bertz CT molecular complexity index is 1510. The lowest BCUT2D eigenvalue weighted by Gasteiger charge is -2.29. The minimum absolute atomic E-state index is 0.308. The summed E-state index contributed by atoms with van der Waals surface area (Å²) in [6.07, 6.45) is 7.37. The molecular formula is C29H31FN8O2. The molecule has 2 aromatic heterocycles. The summed E-state index contributed by atoms with van der Waals surface area (Å²) in [4.78, 5) is 28.6. The molecule has 2 aliphatic rings. The largest absolute Gasteiger partial charge is 0.378 e. The third-order valence-electron chi connectivity index (χ3n) is 6.98. The third kappa shape index (κ3) is 5.89. The number of carbonyl (C=O) groups is 1. The van der Waals surface area contributed by atoms with Crippen molar-refractivity contribution in [2.45, 2.75) is 32.5 Å². The summed E-state index contributed by atoms with van der Waals surface area (Å²) in [5.41, 5.74) is 4.05. The number of rotatable bonds is 9. The average Bonchev–Trinajstić information content (AvgIpc) is 3.68. The third-order valence-corrected chi connectivity index (χ3v) is 6.98. The average molecular weight is 543 g/mol. The van der Waals surface area contributed by atoms with E-state index in [1.54, 1.807) is 24.4 Å². The van der Waals surface area contributed by atoms with E-state index in [-0.39, 0.29) is 5.91 Å². The second-order valence-electron chi connectivity index (χ2n) is 10.0. The van der Waals surface area contributed by atoms with Crippen molar-refractivity contribution in [1.82, 2.24) is 19.5 Å². The molecule has 206 valence electrons. The first-order chi connectivity index (χ1) is 19.6. The quantitative estimate of drug-likeness (QED) is 0.276. The van der Waals surface area contributed by atoms with E-state index in [1.165, 1.54) is 6.33 Å². The maximum atomic E-state index is 13.7. The van der Waals surface area contributed by atoms with Gasteiger partial charge in [-0.25, -0.2) is 19.3 Å². The van der Waals surface area contributed by atoms with Gasteiger partial charge in [0.15, 0.2) is 0 Å². The Morgan fingerprint density at radius 3 is 2.73 bits per heavy atom. The van der Waals surface area contributed by atoms with Gasteiger partial charge in [0.1, 0.15) is 24.6 Å². The van der Waals surface area contributed by atoms with Crippen molar-refractivity contribution in [3.05, 3.63) is 77.9 Å². The Hall–Kier alpha value is -4.51. The molecule has 11 heteroatoms. The number of ether oxygens (including phenoxy) is 1. The van der Waals surface area contributed by atoms with Crippen LogP contribution in [0.2, 0.25) is 0 Å². The van der Waals surface area contributed by atoms with Crippen LogP contribution < -0.4 is 20.9 Å². The molecule has 0 spiro atoms. The van der Waals surface area contributed by atoms with Gasteiger partial charge in [0.25, 0.3) is 5.91 Å². The number of aromatic nitrogens is 4. The molecule has 0 bridgehead atoms. The molecule has 0 atom stereocenters. The first-order valence-electron chi connectivity index (χ1n) is 13.4. The predicted octanol–water partition coefficient (Wildman–Crippen LogP) is 4.85. The number of nitrogens with one attached hydrogen (secondary N) is 3. The second kappa shape index (κ2) is 11.3. The molecule has 10 nitrogen and oxygen atoms in total. The lowest BCUT2D eigenvalue weighted by molar-refractivity contribution is 0.102. The van der Waals surface area contributed by atoms with Crippen LogP contribution in [-0.4, -0.2) is 57.8 Å². The van der Waals surface area contributed by atoms with Crippen LogP contribution in [0, 0.1) is 6.92 Å². The Balaban J connectivity index is 1.20. The van der Waals surface area contributed by atoms with E-state index < -0.39 is 6.67 Å². The number of nitrogens with zero attached hydrogens (tertiary/aromatic N) is 5. The highest BCUT2D eigenvalue weighted by molar-refractivity contribution is 6.05. The van der Waals surface area contributed by atoms with E-state index in [2.05, 4.69) is 35.8 Å². The summed E-state index contributed by atoms with van der Waals surface area (Å²) in [5.74, 6) is 1.73. The van der Waals surface area contributed by atoms with E-state index in [9.17, 15) is 9.18 Å². The highest BCUT2D eigenvalue weighted by Crippen LogP contribution is 2.28. The minimum atomic E-state index is -0.645. The van der Waals surface area contributed by atoms with Crippen molar-refractivity contribution in [3.63, 3.8) is 0 Å². The monoisotopic (exact) mass is 542 g/mol. The number of imidazole rings is 1. The van der Waals surface area contributed by atoms with Crippen molar-refractivity contribution in [1.29, 1.82) is 0 Å². The lowest BCUT2D eigenvalue weighted by atomic mass is 10.1. The Morgan fingerprint density at radius 1 is 1.07 bits per heavy atom. The van der Waals surface area contributed by atoms with Gasteiger partial charge in [-0.15, -0.1) is 0 Å². The van der Waals surface area contributed by atoms with E-state index in [4.69, 9.17) is 4.74 Å². The van der Waals surface area contributed by atoms with Crippen LogP contribution in [0.25, 0.3) is 5.82 Å². The molecule has 0 radical (unpaired) electrons. The SMILES string of the molecule is Cc1ccc(NC(=O)c2cc(CF)cc(N3CCOCC3)c2)cc1Nc1nccn1-c1cc(NC2CC2)ncn1. The van der Waals surface area contributed by atoms with Crippen LogP contribution in [0.3, 0.4) is 0 Å². The van der Waals surface area contributed by atoms with Crippen LogP contribution >= 0.6 is 0 Å². The normalized spacial score (nSPS) is 15.1. The zero-order valence-corrected chi connectivity index (χ0v) is 22.2. The zero-order valence-electron chi connectivity index (χ0n) is 22.2. The van der Waals surface area contributed by atoms with E-state index in [0.717, 1.165) is 35.6 Å². The fourth-order valence-electron chi connectivity index (χ4n) is 4.62. The molecule has 2 fully saturated rings. The van der Waals surface area contributed by atoms with Crippen molar-refractivity contribution >= 4 is 34.7 Å². The highest BCUT2D eigenvalue weighted by atomic mass is 19.1. The van der Waals surface area contributed by atoms with Crippen molar-refractivity contribution in [3.8, 4) is 5.82 Å². The number of alkyl halides is 1. The summed E-state index contributed by atoms with van der Waals surface area (Å²) >= 11 is 0. The first-order valence-corrected chi connectivity index (χ1v) is 13.4. The number of amides is 1. The van der Waals surface area contributed by atoms with Gasteiger partial charge in [-0.1, -0.05) is 6.07 Å². The highest BCUT2D eigenvalue weighted by Gasteiger charge is 2.22. The number of benzene rings is 2. The van der Waals surface area contributed by atoms with Gasteiger partial charge >= 0.3 is 0 Å². The number of morpholine rings is 1. The van der Waals surface area contributed by atoms with Gasteiger partial charge in [-0.2, -0.15) is 0 Å². The number of anilines is 5. The number of hydrogen-bond donors (Lipinski definition) is 3. The Labute approximate surface area is 231 Å². The molecule has 0 unspecified atom stereocenters. The molecule has 4 aromatic rings. The second-order valence-corrected chi connectivity index (χ2v) is 10.0. The molecule has 3 N–H and O–H groups in total. The van der Waals surface area contributed by atoms with Crippen molar-refractivity contribution < 1.29 is 13.9 Å². The lowest BCUT2D eigenvalue weighted by Crippen LogP contribution is -2.36. The molecule has 1 saturated carbocycles. The van der Waals surface area contributed by atoms with E-state index >= 15 is 0 Å². The van der Waals surface area contributed by atoms with Gasteiger partial charge < -0.3 is 25.6 Å². The first kappa shape index (κ1) is 25.8. The topological polar surface area (TPSA) is 109 Å². The fraction of sp³-hybridized carbons (Fsp3) is 0.310. The number of halogens is 1. The Morgan fingerprint density at radius 2 is 1.93 bits per heavy atom. The smallest absolute Gasteiger partial charge is 0.255 e. The van der Waals surface area contributed by atoms with Crippen LogP contribution in [-0.2, 0) is 11.4 Å². The number of carbonyl (C=O) groups excluding carboxylic acids is 1. The summed E-state index contributed by atoms with van der Waals surface area (Å²) in [7, 11) is 0. The van der Waals surface area contributed by atoms with E-state index in [0.29, 0.717) is 60.9 Å². The summed E-state index contributed by atoms with van der Waals surface area (Å²) in [5, 5.41) is 9.72. The molecule has 1 aliphatic heterocycles. The van der Waals surface area contributed by atoms with Crippen LogP contribution in [0.5, 0.6) is 0 Å². The zero-order chi connectivity index (χ0) is 27.5.